The van der Waals surface area contributed by atoms with E-state index < -0.39 is 86.1 Å². The third-order valence-electron chi connectivity index (χ3n) is 12.2. The summed E-state index contributed by atoms with van der Waals surface area (Å²) in [5.41, 5.74) is 1.24. The summed E-state index contributed by atoms with van der Waals surface area (Å²) in [6, 6.07) is 3.35. The predicted octanol–water partition coefficient (Wildman–Crippen LogP) is 2.80. The van der Waals surface area contributed by atoms with Gasteiger partial charge in [0.05, 0.1) is 24.9 Å². The number of rotatable bonds is 4. The third-order valence-corrected chi connectivity index (χ3v) is 14.0. The number of benzene rings is 1. The fourth-order valence-electron chi connectivity index (χ4n) is 8.54. The van der Waals surface area contributed by atoms with Gasteiger partial charge in [0.1, 0.15) is 23.7 Å². The Bertz CT molecular complexity index is 2000. The van der Waals surface area contributed by atoms with Crippen LogP contribution in [0.25, 0.3) is 0 Å². The minimum Gasteiger partial charge on any atom is -0.449 e. The molecule has 314 valence electrons. The van der Waals surface area contributed by atoms with Gasteiger partial charge in [0, 0.05) is 32.0 Å². The van der Waals surface area contributed by atoms with Crippen LogP contribution in [0.5, 0.6) is 0 Å². The molecule has 1 unspecified atom stereocenters. The summed E-state index contributed by atoms with van der Waals surface area (Å²) in [4.78, 5) is 87.6. The van der Waals surface area contributed by atoms with E-state index in [9.17, 15) is 37.2 Å². The van der Waals surface area contributed by atoms with Crippen LogP contribution in [0.15, 0.2) is 43.0 Å². The summed E-state index contributed by atoms with van der Waals surface area (Å²) in [6.07, 6.45) is 7.27. The maximum atomic E-state index is 14.8. The number of ether oxygens (including phenoxy) is 2. The van der Waals surface area contributed by atoms with Crippen molar-refractivity contribution in [3.8, 4) is 0 Å². The highest BCUT2D eigenvalue weighted by molar-refractivity contribution is 7.91. The molecule has 5 bridgehead atoms. The van der Waals surface area contributed by atoms with Crippen molar-refractivity contribution >= 4 is 45.8 Å². The number of carbonyl (C=O) groups excluding carboxylic acids is 6. The second-order valence-corrected chi connectivity index (χ2v) is 19.3. The Labute approximate surface area is 339 Å². The lowest BCUT2D eigenvalue weighted by atomic mass is 9.87. The number of aryl methyl sites for hydroxylation is 1. The first-order chi connectivity index (χ1) is 27.6. The minimum atomic E-state index is -3.96. The Morgan fingerprint density at radius 2 is 1.81 bits per heavy atom. The zero-order valence-electron chi connectivity index (χ0n) is 33.2. The number of hydrogen-bond acceptors (Lipinski definition) is 10. The number of nitrogens with one attached hydrogen (secondary N) is 3. The zero-order valence-corrected chi connectivity index (χ0v) is 34.0. The van der Waals surface area contributed by atoms with Gasteiger partial charge in [-0.2, -0.15) is 0 Å². The average molecular weight is 823 g/mol. The second kappa shape index (κ2) is 16.4. The summed E-state index contributed by atoms with van der Waals surface area (Å²) >= 11 is 0. The summed E-state index contributed by atoms with van der Waals surface area (Å²) in [7, 11) is -3.96. The van der Waals surface area contributed by atoms with Gasteiger partial charge < -0.3 is 29.9 Å². The highest BCUT2D eigenvalue weighted by Crippen LogP contribution is 2.46. The Hall–Kier alpha value is -4.93. The average Bonchev–Trinajstić information content (AvgIpc) is 4.07. The third kappa shape index (κ3) is 9.03. The molecular weight excluding hydrogens is 769 g/mol. The van der Waals surface area contributed by atoms with E-state index in [1.807, 2.05) is 32.1 Å². The van der Waals surface area contributed by atoms with Crippen LogP contribution in [0, 0.1) is 11.3 Å². The zero-order chi connectivity index (χ0) is 41.4. The van der Waals surface area contributed by atoms with Gasteiger partial charge in [0.15, 0.2) is 0 Å². The van der Waals surface area contributed by atoms with Crippen LogP contribution in [0.2, 0.25) is 0 Å². The summed E-state index contributed by atoms with van der Waals surface area (Å²) in [5, 5.41) is 4.79. The molecule has 0 radical (unpaired) electrons. The van der Waals surface area contributed by atoms with Crippen molar-refractivity contribution in [1.82, 2.24) is 30.1 Å². The van der Waals surface area contributed by atoms with Gasteiger partial charge in [0.25, 0.3) is 5.91 Å². The van der Waals surface area contributed by atoms with E-state index in [1.165, 1.54) is 9.80 Å². The molecule has 7 rings (SSSR count). The van der Waals surface area contributed by atoms with Crippen LogP contribution in [0.3, 0.4) is 0 Å². The molecule has 6 amide bonds. The molecule has 6 aliphatic rings. The highest BCUT2D eigenvalue weighted by Gasteiger charge is 2.62. The van der Waals surface area contributed by atoms with Gasteiger partial charge >= 0.3 is 12.2 Å². The first-order valence-corrected chi connectivity index (χ1v) is 21.9. The molecule has 1 aromatic rings. The van der Waals surface area contributed by atoms with E-state index in [2.05, 4.69) is 28.0 Å². The Balaban J connectivity index is 1.22. The highest BCUT2D eigenvalue weighted by atomic mass is 32.2. The molecule has 3 fully saturated rings. The number of fused-ring (bicyclic) bond motifs is 4. The molecule has 0 spiro atoms. The standard InChI is InChI=1S/C41H54N6O10S/c1-4-34(48)45-18-9-5-6-14-28-20-41(28,37(51)44-58(54,55)30-15-16-30)43-35(49)33-19-29-22-47(33)36(50)32(24-45)42-38(52)56-25-40(2,3)17-8-7-11-26-12-10-13-27-21-46(23-31(26)27)39(53)57-29/h4,6,10,12-14,28-30,32-33H,1,5,7-9,11,15-25H2,2-3H3,(H,42,52)(H,43,49)(H,44,51)/b14-6-/t28?,29-,32+,33+,41-/m1/s1. The monoisotopic (exact) mass is 822 g/mol. The number of cyclic esters (lactones) is 1. The molecule has 2 aliphatic carbocycles. The van der Waals surface area contributed by atoms with Crippen LogP contribution in [0.1, 0.15) is 88.3 Å². The van der Waals surface area contributed by atoms with Gasteiger partial charge in [-0.1, -0.05) is 57.2 Å². The van der Waals surface area contributed by atoms with Crippen molar-refractivity contribution in [3.63, 3.8) is 0 Å². The van der Waals surface area contributed by atoms with Crippen LogP contribution < -0.4 is 15.4 Å². The van der Waals surface area contributed by atoms with E-state index in [4.69, 9.17) is 9.47 Å². The number of allylic oxidation sites excluding steroid dienone is 1. The Kier molecular flexibility index (Phi) is 11.6. The van der Waals surface area contributed by atoms with Crippen LogP contribution in [-0.2, 0) is 58.2 Å². The lowest BCUT2D eigenvalue weighted by molar-refractivity contribution is -0.142. The molecule has 5 atom stereocenters. The van der Waals surface area contributed by atoms with Crippen molar-refractivity contribution in [2.45, 2.75) is 120 Å². The molecular formula is C41H54N6O10S. The number of nitrogens with zero attached hydrogens (tertiary/aromatic N) is 3. The first-order valence-electron chi connectivity index (χ1n) is 20.3. The molecule has 1 saturated heterocycles. The lowest BCUT2D eigenvalue weighted by Gasteiger charge is -2.32. The topological polar surface area (TPSA) is 201 Å². The molecule has 4 heterocycles. The molecule has 16 nitrogen and oxygen atoms in total. The fourth-order valence-corrected chi connectivity index (χ4v) is 9.90. The van der Waals surface area contributed by atoms with Gasteiger partial charge in [-0.3, -0.25) is 28.8 Å². The second-order valence-electron chi connectivity index (χ2n) is 17.3. The predicted molar refractivity (Wildman–Crippen MR) is 210 cm³/mol. The molecule has 58 heavy (non-hydrogen) atoms. The largest absolute Gasteiger partial charge is 0.449 e. The fraction of sp³-hybridized carbons (Fsp3) is 0.610. The van der Waals surface area contributed by atoms with Gasteiger partial charge in [-0.25, -0.2) is 18.0 Å². The first kappa shape index (κ1) is 41.2. The molecule has 3 N–H and O–H groups in total. The maximum Gasteiger partial charge on any atom is 0.410 e. The lowest BCUT2D eigenvalue weighted by Crippen LogP contribution is -2.60. The van der Waals surface area contributed by atoms with E-state index >= 15 is 0 Å². The Morgan fingerprint density at radius 1 is 1.03 bits per heavy atom. The van der Waals surface area contributed by atoms with Gasteiger partial charge in [0.2, 0.25) is 27.7 Å². The number of sulfonamides is 1. The minimum absolute atomic E-state index is 0.0611. The molecule has 17 heteroatoms. The Morgan fingerprint density at radius 3 is 2.57 bits per heavy atom. The van der Waals surface area contributed by atoms with Crippen molar-refractivity contribution in [2.24, 2.45) is 11.3 Å². The molecule has 2 saturated carbocycles. The van der Waals surface area contributed by atoms with Crippen LogP contribution in [0.4, 0.5) is 9.59 Å². The maximum absolute atomic E-state index is 14.8. The number of alkyl carbamates (subject to hydrolysis) is 1. The quantitative estimate of drug-likeness (QED) is 0.300. The normalized spacial score (nSPS) is 30.0. The smallest absolute Gasteiger partial charge is 0.410 e. The van der Waals surface area contributed by atoms with Crippen molar-refractivity contribution in [2.75, 3.05) is 26.2 Å². The summed E-state index contributed by atoms with van der Waals surface area (Å²) < 4.78 is 39.7. The summed E-state index contributed by atoms with van der Waals surface area (Å²) in [6.45, 7) is 8.03. The van der Waals surface area contributed by atoms with Crippen LogP contribution in [-0.4, -0.2) is 114 Å². The van der Waals surface area contributed by atoms with Crippen molar-refractivity contribution in [3.05, 3.63) is 59.7 Å². The molecule has 1 aromatic carbocycles. The SMILES string of the molecule is C=CC(=O)N1CCC/C=C\C2C[C@@]2(C(=O)NS(=O)(=O)C2CC2)NC(=O)[C@@H]2C[C@@H]3CN2C(=O)[C@H](C1)NC(=O)OCC(C)(C)CCCCc1cccc2c1CN(C2)C(=O)O3. The van der Waals surface area contributed by atoms with E-state index in [0.29, 0.717) is 38.8 Å². The summed E-state index contributed by atoms with van der Waals surface area (Å²) in [5.74, 6) is -3.38. The van der Waals surface area contributed by atoms with Crippen molar-refractivity contribution in [1.29, 1.82) is 0 Å². The van der Waals surface area contributed by atoms with E-state index in [1.54, 1.807) is 11.0 Å². The number of hydrogen-bond donors (Lipinski definition) is 3. The number of carbonyl (C=O) groups is 6. The van der Waals surface area contributed by atoms with Crippen LogP contribution >= 0.6 is 0 Å². The molecule has 4 aliphatic heterocycles. The number of amides is 6. The molecule has 0 aromatic heterocycles. The van der Waals surface area contributed by atoms with Gasteiger partial charge in [-0.05, 0) is 79.5 Å². The van der Waals surface area contributed by atoms with E-state index in [-0.39, 0.29) is 39.1 Å². The van der Waals surface area contributed by atoms with Gasteiger partial charge in [-0.15, -0.1) is 0 Å². The van der Waals surface area contributed by atoms with Crippen molar-refractivity contribution < 1.29 is 46.7 Å². The van der Waals surface area contributed by atoms with E-state index in [0.717, 1.165) is 48.4 Å².